The Balaban J connectivity index is 2.10. The number of fused-ring (bicyclic) bond motifs is 1. The molecule has 0 atom stereocenters. The molecule has 3 rings (SSSR count). The van der Waals surface area contributed by atoms with E-state index in [0.29, 0.717) is 6.54 Å². The molecule has 3 nitrogen and oxygen atoms in total. The fourth-order valence-electron chi connectivity index (χ4n) is 2.80. The second-order valence-corrected chi connectivity index (χ2v) is 5.46. The molecule has 1 aliphatic rings. The summed E-state index contributed by atoms with van der Waals surface area (Å²) in [5.74, 6) is 0. The molecule has 0 radical (unpaired) electrons. The summed E-state index contributed by atoms with van der Waals surface area (Å²) in [6, 6.07) is 6.02. The summed E-state index contributed by atoms with van der Waals surface area (Å²) in [4.78, 5) is 4.55. The van der Waals surface area contributed by atoms with Gasteiger partial charge in [-0.2, -0.15) is 0 Å². The third kappa shape index (κ3) is 2.40. The normalized spacial score (nSPS) is 14.4. The Morgan fingerprint density at radius 3 is 2.95 bits per heavy atom. The molecule has 0 fully saturated rings. The average Bonchev–Trinajstić information content (AvgIpc) is 2.85. The molecule has 1 aromatic heterocycles. The van der Waals surface area contributed by atoms with Crippen LogP contribution in [-0.4, -0.2) is 16.1 Å². The average molecular weight is 276 g/mol. The molecule has 1 aliphatic carbocycles. The van der Waals surface area contributed by atoms with Crippen molar-refractivity contribution in [1.29, 1.82) is 0 Å². The number of halogens is 1. The number of benzene rings is 1. The van der Waals surface area contributed by atoms with E-state index in [2.05, 4.69) is 15.6 Å². The van der Waals surface area contributed by atoms with Crippen molar-refractivity contribution >= 4 is 11.6 Å². The highest BCUT2D eigenvalue weighted by atomic mass is 35.5. The standard InChI is InChI=1S/C15H18ClN3/c16-12-6-5-11(7-8-17)15(9-12)19-10-18-13-3-1-2-4-14(13)19/h5-6,9-10H,1-4,7-8,17H2. The summed E-state index contributed by atoms with van der Waals surface area (Å²) in [6.07, 6.45) is 7.47. The third-order valence-corrected chi connectivity index (χ3v) is 3.99. The van der Waals surface area contributed by atoms with E-state index in [1.54, 1.807) is 0 Å². The van der Waals surface area contributed by atoms with Crippen LogP contribution >= 0.6 is 11.6 Å². The number of nitrogens with two attached hydrogens (primary N) is 1. The van der Waals surface area contributed by atoms with Crippen LogP contribution < -0.4 is 5.73 Å². The van der Waals surface area contributed by atoms with Gasteiger partial charge in [0.15, 0.2) is 0 Å². The zero-order valence-electron chi connectivity index (χ0n) is 10.9. The highest BCUT2D eigenvalue weighted by Gasteiger charge is 2.17. The van der Waals surface area contributed by atoms with Crippen LogP contribution in [0.2, 0.25) is 5.02 Å². The predicted molar refractivity (Wildman–Crippen MR) is 78.0 cm³/mol. The highest BCUT2D eigenvalue weighted by Crippen LogP contribution is 2.27. The maximum Gasteiger partial charge on any atom is 0.0997 e. The lowest BCUT2D eigenvalue weighted by Gasteiger charge is -2.16. The van der Waals surface area contributed by atoms with Gasteiger partial charge < -0.3 is 10.3 Å². The Kier molecular flexibility index (Phi) is 3.58. The van der Waals surface area contributed by atoms with E-state index in [-0.39, 0.29) is 0 Å². The van der Waals surface area contributed by atoms with Gasteiger partial charge in [0, 0.05) is 10.7 Å². The highest BCUT2D eigenvalue weighted by molar-refractivity contribution is 6.30. The summed E-state index contributed by atoms with van der Waals surface area (Å²) in [6.45, 7) is 0.644. The molecule has 0 bridgehead atoms. The van der Waals surface area contributed by atoms with Gasteiger partial charge in [0.1, 0.15) is 0 Å². The lowest BCUT2D eigenvalue weighted by molar-refractivity contribution is 0.655. The summed E-state index contributed by atoms with van der Waals surface area (Å²) in [5, 5.41) is 0.758. The minimum Gasteiger partial charge on any atom is -0.330 e. The molecule has 0 saturated heterocycles. The molecule has 0 unspecified atom stereocenters. The molecule has 0 saturated carbocycles. The summed E-state index contributed by atoms with van der Waals surface area (Å²) in [7, 11) is 0. The molecule has 4 heteroatoms. The first kappa shape index (κ1) is 12.7. The van der Waals surface area contributed by atoms with E-state index in [4.69, 9.17) is 17.3 Å². The fourth-order valence-corrected chi connectivity index (χ4v) is 2.97. The number of imidazole rings is 1. The van der Waals surface area contributed by atoms with E-state index in [1.165, 1.54) is 29.8 Å². The number of nitrogens with zero attached hydrogens (tertiary/aromatic N) is 2. The second kappa shape index (κ2) is 5.35. The van der Waals surface area contributed by atoms with Gasteiger partial charge in [-0.15, -0.1) is 0 Å². The Bertz CT molecular complexity index is 589. The van der Waals surface area contributed by atoms with Crippen LogP contribution in [0.15, 0.2) is 24.5 Å². The molecule has 1 aromatic carbocycles. The Labute approximate surface area is 118 Å². The zero-order valence-corrected chi connectivity index (χ0v) is 11.7. The first-order chi connectivity index (χ1) is 9.29. The van der Waals surface area contributed by atoms with Crippen molar-refractivity contribution < 1.29 is 0 Å². The van der Waals surface area contributed by atoms with Gasteiger partial charge in [-0.3, -0.25) is 0 Å². The molecule has 0 spiro atoms. The number of hydrogen-bond acceptors (Lipinski definition) is 2. The number of aryl methyl sites for hydroxylation is 1. The van der Waals surface area contributed by atoms with Crippen molar-refractivity contribution in [3.8, 4) is 5.69 Å². The van der Waals surface area contributed by atoms with Crippen LogP contribution in [0.25, 0.3) is 5.69 Å². The van der Waals surface area contributed by atoms with Gasteiger partial charge in [0.05, 0.1) is 17.7 Å². The van der Waals surface area contributed by atoms with Crippen molar-refractivity contribution in [1.82, 2.24) is 9.55 Å². The minimum absolute atomic E-state index is 0.644. The van der Waals surface area contributed by atoms with E-state index >= 15 is 0 Å². The quantitative estimate of drug-likeness (QED) is 0.936. The van der Waals surface area contributed by atoms with Crippen molar-refractivity contribution in [2.45, 2.75) is 32.1 Å². The van der Waals surface area contributed by atoms with Crippen LogP contribution in [0.3, 0.4) is 0 Å². The lowest BCUT2D eigenvalue weighted by atomic mass is 10.0. The number of aromatic nitrogens is 2. The van der Waals surface area contributed by atoms with E-state index in [1.807, 2.05) is 18.5 Å². The van der Waals surface area contributed by atoms with Crippen LogP contribution in [0, 0.1) is 0 Å². The van der Waals surface area contributed by atoms with Crippen LogP contribution in [0.1, 0.15) is 29.8 Å². The second-order valence-electron chi connectivity index (χ2n) is 5.03. The summed E-state index contributed by atoms with van der Waals surface area (Å²) in [5.41, 5.74) is 10.6. The molecule has 0 aliphatic heterocycles. The third-order valence-electron chi connectivity index (χ3n) is 3.75. The van der Waals surface area contributed by atoms with E-state index < -0.39 is 0 Å². The largest absolute Gasteiger partial charge is 0.330 e. The molecule has 2 N–H and O–H groups in total. The van der Waals surface area contributed by atoms with Gasteiger partial charge in [-0.1, -0.05) is 17.7 Å². The van der Waals surface area contributed by atoms with Gasteiger partial charge >= 0.3 is 0 Å². The molecular weight excluding hydrogens is 258 g/mol. The van der Waals surface area contributed by atoms with Crippen molar-refractivity contribution in [3.05, 3.63) is 46.5 Å². The van der Waals surface area contributed by atoms with Crippen LogP contribution in [0.5, 0.6) is 0 Å². The molecule has 19 heavy (non-hydrogen) atoms. The van der Waals surface area contributed by atoms with Crippen molar-refractivity contribution in [2.24, 2.45) is 5.73 Å². The lowest BCUT2D eigenvalue weighted by Crippen LogP contribution is -2.10. The Morgan fingerprint density at radius 2 is 2.11 bits per heavy atom. The van der Waals surface area contributed by atoms with Crippen LogP contribution in [-0.2, 0) is 19.3 Å². The Morgan fingerprint density at radius 1 is 1.26 bits per heavy atom. The van der Waals surface area contributed by atoms with Gasteiger partial charge in [0.25, 0.3) is 0 Å². The number of hydrogen-bond donors (Lipinski definition) is 1. The molecule has 1 heterocycles. The molecule has 2 aromatic rings. The first-order valence-electron chi connectivity index (χ1n) is 6.83. The van der Waals surface area contributed by atoms with Gasteiger partial charge in [-0.05, 0) is 56.3 Å². The topological polar surface area (TPSA) is 43.8 Å². The van der Waals surface area contributed by atoms with Crippen LogP contribution in [0.4, 0.5) is 0 Å². The molecule has 100 valence electrons. The molecule has 0 amide bonds. The van der Waals surface area contributed by atoms with Gasteiger partial charge in [0.2, 0.25) is 0 Å². The maximum atomic E-state index is 6.15. The fraction of sp³-hybridized carbons (Fsp3) is 0.400. The Hall–Kier alpha value is -1.32. The summed E-state index contributed by atoms with van der Waals surface area (Å²) < 4.78 is 2.20. The van der Waals surface area contributed by atoms with Crippen molar-refractivity contribution in [3.63, 3.8) is 0 Å². The van der Waals surface area contributed by atoms with E-state index in [0.717, 1.165) is 30.0 Å². The zero-order chi connectivity index (χ0) is 13.2. The van der Waals surface area contributed by atoms with Crippen molar-refractivity contribution in [2.75, 3.05) is 6.54 Å². The number of rotatable bonds is 3. The summed E-state index contributed by atoms with van der Waals surface area (Å²) >= 11 is 6.15. The van der Waals surface area contributed by atoms with E-state index in [9.17, 15) is 0 Å². The first-order valence-corrected chi connectivity index (χ1v) is 7.21. The monoisotopic (exact) mass is 275 g/mol. The SMILES string of the molecule is NCCc1ccc(Cl)cc1-n1cnc2c1CCCC2. The molecular formula is C15H18ClN3. The predicted octanol–water partition coefficient (Wildman–Crippen LogP) is 2.91. The maximum absolute atomic E-state index is 6.15. The van der Waals surface area contributed by atoms with Gasteiger partial charge in [-0.25, -0.2) is 4.98 Å². The smallest absolute Gasteiger partial charge is 0.0997 e. The minimum atomic E-state index is 0.644.